The molecular formula is C4H7NSSi. The van der Waals surface area contributed by atoms with Crippen LogP contribution in [0.1, 0.15) is 0 Å². The van der Waals surface area contributed by atoms with Crippen LogP contribution in [0.2, 0.25) is 0 Å². The van der Waals surface area contributed by atoms with Gasteiger partial charge in [-0.25, -0.2) is 4.99 Å². The SMILES string of the molecule is C=CC([SiH3])N=C=S. The highest BCUT2D eigenvalue weighted by Crippen LogP contribution is 1.79. The summed E-state index contributed by atoms with van der Waals surface area (Å²) in [5, 5.41) is 2.29. The van der Waals surface area contributed by atoms with Gasteiger partial charge in [-0.05, 0) is 12.2 Å². The van der Waals surface area contributed by atoms with Crippen LogP contribution in [0.4, 0.5) is 0 Å². The summed E-state index contributed by atoms with van der Waals surface area (Å²) in [6.07, 6.45) is 1.77. The van der Waals surface area contributed by atoms with Crippen LogP contribution in [0.25, 0.3) is 0 Å². The van der Waals surface area contributed by atoms with E-state index in [4.69, 9.17) is 0 Å². The molecule has 0 amide bonds. The van der Waals surface area contributed by atoms with Crippen molar-refractivity contribution in [1.82, 2.24) is 0 Å². The number of rotatable bonds is 2. The zero-order valence-electron chi connectivity index (χ0n) is 4.22. The molecule has 1 atom stereocenters. The van der Waals surface area contributed by atoms with Crippen LogP contribution in [-0.2, 0) is 0 Å². The average Bonchev–Trinajstić information content (AvgIpc) is 1.68. The first-order chi connectivity index (χ1) is 3.31. The van der Waals surface area contributed by atoms with Crippen molar-refractivity contribution < 1.29 is 0 Å². The molecule has 0 bridgehead atoms. The van der Waals surface area contributed by atoms with Gasteiger partial charge < -0.3 is 0 Å². The summed E-state index contributed by atoms with van der Waals surface area (Å²) < 4.78 is 0. The Balaban J connectivity index is 3.56. The fourth-order valence-electron chi connectivity index (χ4n) is 0.136. The van der Waals surface area contributed by atoms with Crippen LogP contribution < -0.4 is 0 Å². The summed E-state index contributed by atoms with van der Waals surface area (Å²) in [5.74, 6) is 0. The van der Waals surface area contributed by atoms with E-state index in [9.17, 15) is 0 Å². The lowest BCUT2D eigenvalue weighted by Crippen LogP contribution is -1.94. The number of isothiocyanates is 1. The first-order valence-corrected chi connectivity index (χ1v) is 3.57. The van der Waals surface area contributed by atoms with E-state index in [1.165, 1.54) is 0 Å². The average molecular weight is 129 g/mol. The molecule has 0 aliphatic heterocycles. The Morgan fingerprint density at radius 2 is 2.57 bits per heavy atom. The van der Waals surface area contributed by atoms with Crippen LogP contribution in [0.15, 0.2) is 17.6 Å². The molecule has 3 heteroatoms. The van der Waals surface area contributed by atoms with Crippen molar-refractivity contribution in [2.45, 2.75) is 5.67 Å². The summed E-state index contributed by atoms with van der Waals surface area (Å²) in [7, 11) is 0.986. The van der Waals surface area contributed by atoms with E-state index in [0.29, 0.717) is 0 Å². The molecule has 0 spiro atoms. The molecule has 0 saturated carbocycles. The quantitative estimate of drug-likeness (QED) is 0.221. The molecule has 0 radical (unpaired) electrons. The summed E-state index contributed by atoms with van der Waals surface area (Å²) in [6.45, 7) is 3.53. The van der Waals surface area contributed by atoms with Crippen molar-refractivity contribution >= 4 is 27.6 Å². The lowest BCUT2D eigenvalue weighted by atomic mass is 10.6. The van der Waals surface area contributed by atoms with Gasteiger partial charge in [0.1, 0.15) is 0 Å². The highest BCUT2D eigenvalue weighted by atomic mass is 32.1. The van der Waals surface area contributed by atoms with Gasteiger partial charge in [0.05, 0.1) is 10.8 Å². The Labute approximate surface area is 51.6 Å². The molecule has 0 aromatic heterocycles. The Hall–Kier alpha value is -0.243. The van der Waals surface area contributed by atoms with Crippen molar-refractivity contribution in [3.63, 3.8) is 0 Å². The van der Waals surface area contributed by atoms with E-state index >= 15 is 0 Å². The van der Waals surface area contributed by atoms with Gasteiger partial charge >= 0.3 is 0 Å². The van der Waals surface area contributed by atoms with E-state index in [-0.39, 0.29) is 5.67 Å². The second-order valence-corrected chi connectivity index (χ2v) is 2.56. The van der Waals surface area contributed by atoms with E-state index < -0.39 is 0 Å². The molecule has 1 nitrogen and oxygen atoms in total. The maximum Gasteiger partial charge on any atom is 0.0587 e. The molecule has 0 aliphatic carbocycles. The molecular weight excluding hydrogens is 122 g/mol. The summed E-state index contributed by atoms with van der Waals surface area (Å²) in [6, 6.07) is 0. The summed E-state index contributed by atoms with van der Waals surface area (Å²) in [5.41, 5.74) is 0.262. The van der Waals surface area contributed by atoms with Gasteiger partial charge in [-0.1, -0.05) is 6.08 Å². The highest BCUT2D eigenvalue weighted by molar-refractivity contribution is 7.78. The van der Waals surface area contributed by atoms with Gasteiger partial charge in [-0.2, -0.15) is 0 Å². The van der Waals surface area contributed by atoms with Gasteiger partial charge in [-0.15, -0.1) is 6.58 Å². The van der Waals surface area contributed by atoms with Crippen molar-refractivity contribution in [1.29, 1.82) is 0 Å². The third-order valence-corrected chi connectivity index (χ3v) is 1.43. The fraction of sp³-hybridized carbons (Fsp3) is 0.250. The fourth-order valence-corrected chi connectivity index (χ4v) is 0.618. The van der Waals surface area contributed by atoms with E-state index in [1.807, 2.05) is 0 Å². The Morgan fingerprint density at radius 3 is 2.71 bits per heavy atom. The molecule has 38 valence electrons. The van der Waals surface area contributed by atoms with Crippen molar-refractivity contribution in [3.8, 4) is 0 Å². The summed E-state index contributed by atoms with van der Waals surface area (Å²) in [4.78, 5) is 3.75. The monoisotopic (exact) mass is 129 g/mol. The second-order valence-electron chi connectivity index (χ2n) is 1.20. The molecule has 0 aromatic carbocycles. The number of aliphatic imine (C=N–C) groups is 1. The highest BCUT2D eigenvalue weighted by Gasteiger charge is 1.82. The number of hydrogen-bond donors (Lipinski definition) is 0. The molecule has 0 aliphatic rings. The number of thiocarbonyl (C=S) groups is 1. The molecule has 1 unspecified atom stereocenters. The third-order valence-electron chi connectivity index (χ3n) is 0.597. The minimum atomic E-state index is 0.262. The number of nitrogens with zero attached hydrogens (tertiary/aromatic N) is 1. The van der Waals surface area contributed by atoms with Crippen molar-refractivity contribution in [2.75, 3.05) is 0 Å². The van der Waals surface area contributed by atoms with Gasteiger partial charge in [0.25, 0.3) is 0 Å². The van der Waals surface area contributed by atoms with E-state index in [1.54, 1.807) is 6.08 Å². The predicted molar refractivity (Wildman–Crippen MR) is 39.0 cm³/mol. The molecule has 0 fully saturated rings. The van der Waals surface area contributed by atoms with Gasteiger partial charge in [0.15, 0.2) is 0 Å². The maximum atomic E-state index is 4.35. The largest absolute Gasteiger partial charge is 0.230 e. The lowest BCUT2D eigenvalue weighted by Gasteiger charge is -1.87. The topological polar surface area (TPSA) is 12.4 Å². The molecule has 0 heterocycles. The zero-order chi connectivity index (χ0) is 5.70. The van der Waals surface area contributed by atoms with E-state index in [0.717, 1.165) is 10.2 Å². The van der Waals surface area contributed by atoms with E-state index in [2.05, 4.69) is 29.0 Å². The normalized spacial score (nSPS) is 12.0. The summed E-state index contributed by atoms with van der Waals surface area (Å²) >= 11 is 4.35. The molecule has 0 N–H and O–H groups in total. The van der Waals surface area contributed by atoms with Crippen molar-refractivity contribution in [3.05, 3.63) is 12.7 Å². The predicted octanol–water partition coefficient (Wildman–Crippen LogP) is -0.0333. The van der Waals surface area contributed by atoms with Gasteiger partial charge in [-0.3, -0.25) is 0 Å². The zero-order valence-corrected chi connectivity index (χ0v) is 7.03. The molecule has 0 aromatic rings. The van der Waals surface area contributed by atoms with Crippen LogP contribution >= 0.6 is 12.2 Å². The Morgan fingerprint density at radius 1 is 2.00 bits per heavy atom. The lowest BCUT2D eigenvalue weighted by molar-refractivity contribution is 1.16. The molecule has 0 rings (SSSR count). The molecule has 7 heavy (non-hydrogen) atoms. The van der Waals surface area contributed by atoms with Crippen LogP contribution in [0, 0.1) is 0 Å². The van der Waals surface area contributed by atoms with Crippen LogP contribution in [0.3, 0.4) is 0 Å². The standard InChI is InChI=1S/C4H7NSSi/c1-2-4(7)5-3-6/h2,4H,1H2,7H3. The number of hydrogen-bond acceptors (Lipinski definition) is 2. The molecule has 0 saturated heterocycles. The third kappa shape index (κ3) is 3.59. The second kappa shape index (κ2) is 3.93. The first-order valence-electron chi connectivity index (χ1n) is 2.00. The minimum Gasteiger partial charge on any atom is -0.230 e. The van der Waals surface area contributed by atoms with Crippen molar-refractivity contribution in [2.24, 2.45) is 4.99 Å². The van der Waals surface area contributed by atoms with Gasteiger partial charge in [0, 0.05) is 10.2 Å². The smallest absolute Gasteiger partial charge is 0.0587 e. The minimum absolute atomic E-state index is 0.262. The van der Waals surface area contributed by atoms with Crippen LogP contribution in [0.5, 0.6) is 0 Å². The van der Waals surface area contributed by atoms with Crippen LogP contribution in [-0.4, -0.2) is 21.1 Å². The first kappa shape index (κ1) is 6.76. The Bertz CT molecular complexity index is 106. The van der Waals surface area contributed by atoms with Gasteiger partial charge in [0.2, 0.25) is 0 Å². The maximum absolute atomic E-state index is 4.35. The Kier molecular flexibility index (Phi) is 3.79.